The summed E-state index contributed by atoms with van der Waals surface area (Å²) in [6.07, 6.45) is 2.66. The molecule has 2 atom stereocenters. The van der Waals surface area contributed by atoms with Gasteiger partial charge in [-0.1, -0.05) is 91.0 Å². The van der Waals surface area contributed by atoms with Gasteiger partial charge >= 0.3 is 0 Å². The van der Waals surface area contributed by atoms with E-state index in [4.69, 9.17) is 9.47 Å². The third kappa shape index (κ3) is 5.00. The van der Waals surface area contributed by atoms with Crippen LogP contribution in [0.5, 0.6) is 5.88 Å². The molecule has 2 aliphatic heterocycles. The number of fused-ring (bicyclic) bond motifs is 1. The number of rotatable bonds is 10. The quantitative estimate of drug-likeness (QED) is 0.207. The van der Waals surface area contributed by atoms with Crippen molar-refractivity contribution in [2.24, 2.45) is 0 Å². The van der Waals surface area contributed by atoms with Gasteiger partial charge in [0.15, 0.2) is 5.82 Å². The predicted octanol–water partition coefficient (Wildman–Crippen LogP) is 6.80. The van der Waals surface area contributed by atoms with Crippen LogP contribution in [0.25, 0.3) is 0 Å². The standard InChI is InChI=1S/C33H33F2N3O2/c34-30(35)31-36-21-18-29(37-31)39-23-28-17-20-32(19-10-22-38(28)32)24-40-33(25-11-4-1-5-12-25,26-13-6-2-7-14-26)27-15-8-3-9-16-27/h1-9,11-16,18,21,28,30H,10,17,19-20,22-24H2/t28-,32-/m0/s1. The first-order chi connectivity index (χ1) is 19.6. The SMILES string of the molecule is FC(F)c1nccc(OC[C@@H]2CC[C@]3(COC(c4ccccc4)(c4ccccc4)c4ccccc4)CCCN23)n1. The fourth-order valence-corrected chi connectivity index (χ4v) is 6.52. The van der Waals surface area contributed by atoms with E-state index in [1.54, 1.807) is 0 Å². The summed E-state index contributed by atoms with van der Waals surface area (Å²) in [6, 6.07) is 33.0. The van der Waals surface area contributed by atoms with Crippen molar-refractivity contribution >= 4 is 0 Å². The molecule has 3 heterocycles. The van der Waals surface area contributed by atoms with Gasteiger partial charge in [-0.25, -0.2) is 13.8 Å². The van der Waals surface area contributed by atoms with Gasteiger partial charge in [-0.15, -0.1) is 0 Å². The van der Waals surface area contributed by atoms with Gasteiger partial charge in [-0.2, -0.15) is 4.98 Å². The number of aromatic nitrogens is 2. The van der Waals surface area contributed by atoms with Crippen LogP contribution in [-0.2, 0) is 10.3 Å². The second kappa shape index (κ2) is 11.4. The van der Waals surface area contributed by atoms with Gasteiger partial charge in [-0.05, 0) is 48.9 Å². The second-order valence-electron chi connectivity index (χ2n) is 10.6. The maximum absolute atomic E-state index is 13.1. The topological polar surface area (TPSA) is 47.5 Å². The largest absolute Gasteiger partial charge is 0.476 e. The smallest absolute Gasteiger partial charge is 0.297 e. The maximum atomic E-state index is 13.1. The molecule has 0 radical (unpaired) electrons. The highest BCUT2D eigenvalue weighted by Crippen LogP contribution is 2.47. The molecule has 6 rings (SSSR count). The molecule has 2 saturated heterocycles. The Balaban J connectivity index is 1.28. The first-order valence-corrected chi connectivity index (χ1v) is 13.9. The molecule has 0 amide bonds. The predicted molar refractivity (Wildman–Crippen MR) is 149 cm³/mol. The zero-order chi connectivity index (χ0) is 27.4. The molecule has 206 valence electrons. The van der Waals surface area contributed by atoms with Crippen molar-refractivity contribution in [3.8, 4) is 5.88 Å². The van der Waals surface area contributed by atoms with Crippen molar-refractivity contribution in [2.45, 2.75) is 49.3 Å². The molecule has 0 unspecified atom stereocenters. The molecule has 7 heteroatoms. The highest BCUT2D eigenvalue weighted by molar-refractivity contribution is 5.47. The van der Waals surface area contributed by atoms with Gasteiger partial charge in [0.2, 0.25) is 5.88 Å². The van der Waals surface area contributed by atoms with Crippen molar-refractivity contribution < 1.29 is 18.3 Å². The molecule has 3 aromatic carbocycles. The average molecular weight is 542 g/mol. The first-order valence-electron chi connectivity index (χ1n) is 13.9. The average Bonchev–Trinajstić information content (AvgIpc) is 3.58. The van der Waals surface area contributed by atoms with Crippen molar-refractivity contribution in [1.82, 2.24) is 14.9 Å². The molecule has 0 spiro atoms. The van der Waals surface area contributed by atoms with Crippen LogP contribution in [0.1, 0.15) is 54.6 Å². The molecule has 0 N–H and O–H groups in total. The summed E-state index contributed by atoms with van der Waals surface area (Å²) in [6.45, 7) is 1.91. The van der Waals surface area contributed by atoms with Crippen molar-refractivity contribution in [3.63, 3.8) is 0 Å². The Labute approximate surface area is 233 Å². The molecule has 4 aromatic rings. The summed E-state index contributed by atoms with van der Waals surface area (Å²) in [5, 5.41) is 0. The Morgan fingerprint density at radius 3 is 2.02 bits per heavy atom. The first kappa shape index (κ1) is 26.5. The fourth-order valence-electron chi connectivity index (χ4n) is 6.52. The van der Waals surface area contributed by atoms with E-state index in [0.717, 1.165) is 48.9 Å². The highest BCUT2D eigenvalue weighted by atomic mass is 19.3. The lowest BCUT2D eigenvalue weighted by Gasteiger charge is -2.41. The minimum atomic E-state index is -2.72. The number of benzene rings is 3. The minimum absolute atomic E-state index is 0.114. The van der Waals surface area contributed by atoms with Gasteiger partial charge in [0.25, 0.3) is 6.43 Å². The molecule has 1 aromatic heterocycles. The van der Waals surface area contributed by atoms with E-state index < -0.39 is 17.9 Å². The zero-order valence-corrected chi connectivity index (χ0v) is 22.3. The van der Waals surface area contributed by atoms with E-state index in [-0.39, 0.29) is 17.5 Å². The van der Waals surface area contributed by atoms with Crippen LogP contribution < -0.4 is 4.74 Å². The number of alkyl halides is 2. The van der Waals surface area contributed by atoms with Gasteiger partial charge in [0, 0.05) is 23.8 Å². The minimum Gasteiger partial charge on any atom is -0.476 e. The van der Waals surface area contributed by atoms with Crippen LogP contribution >= 0.6 is 0 Å². The van der Waals surface area contributed by atoms with Crippen LogP contribution in [0.4, 0.5) is 8.78 Å². The molecule has 0 saturated carbocycles. The molecular formula is C33H33F2N3O2. The van der Waals surface area contributed by atoms with E-state index in [9.17, 15) is 8.78 Å². The summed E-state index contributed by atoms with van der Waals surface area (Å²) < 4.78 is 39.3. The van der Waals surface area contributed by atoms with Gasteiger partial charge in [-0.3, -0.25) is 4.90 Å². The summed E-state index contributed by atoms with van der Waals surface area (Å²) in [5.74, 6) is -0.318. The van der Waals surface area contributed by atoms with Crippen molar-refractivity contribution in [2.75, 3.05) is 19.8 Å². The second-order valence-corrected chi connectivity index (χ2v) is 10.6. The third-order valence-corrected chi connectivity index (χ3v) is 8.40. The Kier molecular flexibility index (Phi) is 7.59. The Morgan fingerprint density at radius 1 is 0.850 bits per heavy atom. The van der Waals surface area contributed by atoms with E-state index >= 15 is 0 Å². The van der Waals surface area contributed by atoms with E-state index in [0.29, 0.717) is 13.2 Å². The van der Waals surface area contributed by atoms with E-state index in [2.05, 4.69) is 87.7 Å². The van der Waals surface area contributed by atoms with Crippen LogP contribution in [0.2, 0.25) is 0 Å². The summed E-state index contributed by atoms with van der Waals surface area (Å²) in [5.41, 5.74) is 2.38. The molecule has 0 bridgehead atoms. The molecule has 2 aliphatic rings. The maximum Gasteiger partial charge on any atom is 0.297 e. The lowest BCUT2D eigenvalue weighted by atomic mass is 9.79. The normalized spacial score (nSPS) is 21.0. The monoisotopic (exact) mass is 541 g/mol. The number of hydrogen-bond donors (Lipinski definition) is 0. The number of nitrogens with zero attached hydrogens (tertiary/aromatic N) is 3. The van der Waals surface area contributed by atoms with E-state index in [1.165, 1.54) is 12.3 Å². The van der Waals surface area contributed by atoms with Gasteiger partial charge in [0.1, 0.15) is 12.2 Å². The van der Waals surface area contributed by atoms with Crippen LogP contribution in [0, 0.1) is 0 Å². The zero-order valence-electron chi connectivity index (χ0n) is 22.3. The van der Waals surface area contributed by atoms with E-state index in [1.807, 2.05) is 18.2 Å². The fraction of sp³-hybridized carbons (Fsp3) is 0.333. The van der Waals surface area contributed by atoms with Crippen LogP contribution in [-0.4, -0.2) is 46.2 Å². The molecule has 5 nitrogen and oxygen atoms in total. The molecule has 2 fully saturated rings. The molecule has 0 aliphatic carbocycles. The molecule has 40 heavy (non-hydrogen) atoms. The Hall–Kier alpha value is -3.68. The summed E-state index contributed by atoms with van der Waals surface area (Å²) >= 11 is 0. The van der Waals surface area contributed by atoms with Crippen LogP contribution in [0.3, 0.4) is 0 Å². The Morgan fingerprint density at radius 2 is 1.45 bits per heavy atom. The van der Waals surface area contributed by atoms with Gasteiger partial charge in [0.05, 0.1) is 6.61 Å². The van der Waals surface area contributed by atoms with Crippen LogP contribution in [0.15, 0.2) is 103 Å². The molecular weight excluding hydrogens is 508 g/mol. The summed E-state index contributed by atoms with van der Waals surface area (Å²) in [4.78, 5) is 10.0. The number of ether oxygens (including phenoxy) is 2. The summed E-state index contributed by atoms with van der Waals surface area (Å²) in [7, 11) is 0. The number of halogens is 2. The van der Waals surface area contributed by atoms with Gasteiger partial charge < -0.3 is 9.47 Å². The lowest BCUT2D eigenvalue weighted by molar-refractivity contribution is -0.0487. The highest BCUT2D eigenvalue weighted by Gasteiger charge is 2.51. The van der Waals surface area contributed by atoms with Crippen molar-refractivity contribution in [3.05, 3.63) is 126 Å². The number of hydrogen-bond acceptors (Lipinski definition) is 5. The Bertz CT molecular complexity index is 1290. The third-order valence-electron chi connectivity index (χ3n) is 8.40. The van der Waals surface area contributed by atoms with Crippen molar-refractivity contribution in [1.29, 1.82) is 0 Å². The lowest BCUT2D eigenvalue weighted by Crippen LogP contribution is -2.49.